The molecule has 6 heteroatoms. The van der Waals surface area contributed by atoms with E-state index in [0.717, 1.165) is 19.3 Å². The Labute approximate surface area is 130 Å². The van der Waals surface area contributed by atoms with Gasteiger partial charge in [0.05, 0.1) is 17.7 Å². The Morgan fingerprint density at radius 3 is 2.67 bits per heavy atom. The molecular weight excluding hydrogens is 292 g/mol. The summed E-state index contributed by atoms with van der Waals surface area (Å²) < 4.78 is 4.63. The summed E-state index contributed by atoms with van der Waals surface area (Å²) in [4.78, 5) is 23.2. The molecule has 116 valence electrons. The summed E-state index contributed by atoms with van der Waals surface area (Å²) in [6.07, 6.45) is 4.38. The second-order valence-corrected chi connectivity index (χ2v) is 5.03. The Morgan fingerprint density at radius 1 is 1.24 bits per heavy atom. The lowest BCUT2D eigenvalue weighted by molar-refractivity contribution is 0.0601. The van der Waals surface area contributed by atoms with E-state index in [1.165, 1.54) is 19.6 Å². The topological polar surface area (TPSA) is 67.4 Å². The molecule has 21 heavy (non-hydrogen) atoms. The highest BCUT2D eigenvalue weighted by molar-refractivity contribution is 6.33. The fourth-order valence-electron chi connectivity index (χ4n) is 1.80. The van der Waals surface area contributed by atoms with Gasteiger partial charge in [-0.25, -0.2) is 9.59 Å². The summed E-state index contributed by atoms with van der Waals surface area (Å²) in [5, 5.41) is 5.72. The largest absolute Gasteiger partial charge is 0.465 e. The standard InChI is InChI=1S/C15H21ClN2O3/c1-3-4-5-6-9-17-15(20)18-11-7-8-13(16)12(10-11)14(19)21-2/h7-8,10H,3-6,9H2,1-2H3,(H2,17,18,20). The summed E-state index contributed by atoms with van der Waals surface area (Å²) in [6.45, 7) is 2.77. The van der Waals surface area contributed by atoms with Crippen LogP contribution in [-0.4, -0.2) is 25.7 Å². The number of esters is 1. The van der Waals surface area contributed by atoms with Crippen molar-refractivity contribution in [2.24, 2.45) is 0 Å². The number of carbonyl (C=O) groups excluding carboxylic acids is 2. The van der Waals surface area contributed by atoms with E-state index in [0.29, 0.717) is 12.2 Å². The molecule has 0 atom stereocenters. The van der Waals surface area contributed by atoms with E-state index in [4.69, 9.17) is 11.6 Å². The predicted octanol–water partition coefficient (Wildman–Crippen LogP) is 3.83. The molecule has 1 aromatic rings. The maximum absolute atomic E-state index is 11.7. The van der Waals surface area contributed by atoms with E-state index >= 15 is 0 Å². The molecule has 0 saturated heterocycles. The normalized spacial score (nSPS) is 10.0. The monoisotopic (exact) mass is 312 g/mol. The minimum atomic E-state index is -0.538. The number of nitrogens with one attached hydrogen (secondary N) is 2. The van der Waals surface area contributed by atoms with Crippen molar-refractivity contribution in [3.63, 3.8) is 0 Å². The van der Waals surface area contributed by atoms with Crippen LogP contribution in [0, 0.1) is 0 Å². The van der Waals surface area contributed by atoms with Crippen molar-refractivity contribution in [1.29, 1.82) is 0 Å². The lowest BCUT2D eigenvalue weighted by atomic mass is 10.2. The van der Waals surface area contributed by atoms with Crippen LogP contribution in [0.2, 0.25) is 5.02 Å². The summed E-state index contributed by atoms with van der Waals surface area (Å²) in [5.41, 5.74) is 0.714. The molecule has 0 spiro atoms. The molecule has 0 heterocycles. The van der Waals surface area contributed by atoms with Crippen LogP contribution >= 0.6 is 11.6 Å². The van der Waals surface area contributed by atoms with Crippen molar-refractivity contribution < 1.29 is 14.3 Å². The zero-order valence-corrected chi connectivity index (χ0v) is 13.1. The number of hydrogen-bond acceptors (Lipinski definition) is 3. The number of unbranched alkanes of at least 4 members (excludes halogenated alkanes) is 3. The van der Waals surface area contributed by atoms with Crippen molar-refractivity contribution in [3.05, 3.63) is 28.8 Å². The Balaban J connectivity index is 2.51. The molecule has 0 fully saturated rings. The number of urea groups is 1. The average molecular weight is 313 g/mol. The lowest BCUT2D eigenvalue weighted by Crippen LogP contribution is -2.29. The molecule has 2 amide bonds. The highest BCUT2D eigenvalue weighted by Crippen LogP contribution is 2.21. The first-order chi connectivity index (χ1) is 10.1. The van der Waals surface area contributed by atoms with Crippen LogP contribution in [0.1, 0.15) is 43.0 Å². The van der Waals surface area contributed by atoms with Gasteiger partial charge in [-0.3, -0.25) is 0 Å². The quantitative estimate of drug-likeness (QED) is 0.594. The smallest absolute Gasteiger partial charge is 0.339 e. The SMILES string of the molecule is CCCCCCNC(=O)Nc1ccc(Cl)c(C(=O)OC)c1. The summed E-state index contributed by atoms with van der Waals surface area (Å²) in [7, 11) is 1.28. The Kier molecular flexibility index (Phi) is 7.61. The van der Waals surface area contributed by atoms with E-state index in [-0.39, 0.29) is 16.6 Å². The maximum Gasteiger partial charge on any atom is 0.339 e. The molecular formula is C15H21ClN2O3. The first kappa shape index (κ1) is 17.3. The van der Waals surface area contributed by atoms with Gasteiger partial charge in [-0.2, -0.15) is 0 Å². The summed E-state index contributed by atoms with van der Waals surface area (Å²) in [6, 6.07) is 4.37. The van der Waals surface area contributed by atoms with Gasteiger partial charge < -0.3 is 15.4 Å². The third-order valence-corrected chi connectivity index (χ3v) is 3.28. The number of rotatable bonds is 7. The molecule has 1 aromatic carbocycles. The van der Waals surface area contributed by atoms with Gasteiger partial charge in [0, 0.05) is 12.2 Å². The zero-order valence-electron chi connectivity index (χ0n) is 12.4. The molecule has 0 bridgehead atoms. The number of amides is 2. The summed E-state index contributed by atoms with van der Waals surface area (Å²) >= 11 is 5.91. The van der Waals surface area contributed by atoms with Gasteiger partial charge in [0.2, 0.25) is 0 Å². The van der Waals surface area contributed by atoms with Crippen LogP contribution in [0.5, 0.6) is 0 Å². The maximum atomic E-state index is 11.7. The van der Waals surface area contributed by atoms with Crippen molar-refractivity contribution in [2.45, 2.75) is 32.6 Å². The zero-order chi connectivity index (χ0) is 15.7. The van der Waals surface area contributed by atoms with E-state index < -0.39 is 5.97 Å². The number of anilines is 1. The molecule has 0 aromatic heterocycles. The minimum Gasteiger partial charge on any atom is -0.465 e. The van der Waals surface area contributed by atoms with E-state index in [9.17, 15) is 9.59 Å². The van der Waals surface area contributed by atoms with Crippen molar-refractivity contribution in [1.82, 2.24) is 5.32 Å². The van der Waals surface area contributed by atoms with Crippen molar-refractivity contribution in [3.8, 4) is 0 Å². The van der Waals surface area contributed by atoms with E-state index in [1.807, 2.05) is 0 Å². The van der Waals surface area contributed by atoms with Crippen LogP contribution in [-0.2, 0) is 4.74 Å². The molecule has 0 aliphatic carbocycles. The second kappa shape index (κ2) is 9.23. The van der Waals surface area contributed by atoms with Crippen molar-refractivity contribution in [2.75, 3.05) is 19.0 Å². The van der Waals surface area contributed by atoms with Gasteiger partial charge >= 0.3 is 12.0 Å². The minimum absolute atomic E-state index is 0.222. The molecule has 5 nitrogen and oxygen atoms in total. The van der Waals surface area contributed by atoms with Crippen LogP contribution in [0.4, 0.5) is 10.5 Å². The molecule has 1 rings (SSSR count). The van der Waals surface area contributed by atoms with Gasteiger partial charge in [-0.15, -0.1) is 0 Å². The third kappa shape index (κ3) is 6.04. The second-order valence-electron chi connectivity index (χ2n) is 4.63. The lowest BCUT2D eigenvalue weighted by Gasteiger charge is -2.09. The molecule has 0 aliphatic heterocycles. The van der Waals surface area contributed by atoms with Gasteiger partial charge in [-0.1, -0.05) is 37.8 Å². The van der Waals surface area contributed by atoms with Crippen LogP contribution in [0.15, 0.2) is 18.2 Å². The Morgan fingerprint density at radius 2 is 2.00 bits per heavy atom. The first-order valence-electron chi connectivity index (χ1n) is 7.01. The summed E-state index contributed by atoms with van der Waals surface area (Å²) in [5.74, 6) is -0.538. The predicted molar refractivity (Wildman–Crippen MR) is 84.0 cm³/mol. The fraction of sp³-hybridized carbons (Fsp3) is 0.467. The number of methoxy groups -OCH3 is 1. The Bertz CT molecular complexity index is 492. The molecule has 0 radical (unpaired) electrons. The van der Waals surface area contributed by atoms with Gasteiger partial charge in [0.1, 0.15) is 0 Å². The number of ether oxygens (including phenoxy) is 1. The third-order valence-electron chi connectivity index (χ3n) is 2.95. The van der Waals surface area contributed by atoms with Crippen LogP contribution < -0.4 is 10.6 Å². The highest BCUT2D eigenvalue weighted by Gasteiger charge is 2.12. The van der Waals surface area contributed by atoms with Crippen LogP contribution in [0.25, 0.3) is 0 Å². The van der Waals surface area contributed by atoms with Crippen LogP contribution in [0.3, 0.4) is 0 Å². The first-order valence-corrected chi connectivity index (χ1v) is 7.39. The number of hydrogen-bond donors (Lipinski definition) is 2. The highest BCUT2D eigenvalue weighted by atomic mass is 35.5. The average Bonchev–Trinajstić information content (AvgIpc) is 2.48. The number of carbonyl (C=O) groups is 2. The molecule has 2 N–H and O–H groups in total. The molecule has 0 saturated carbocycles. The van der Waals surface area contributed by atoms with Gasteiger partial charge in [-0.05, 0) is 24.6 Å². The fourth-order valence-corrected chi connectivity index (χ4v) is 1.99. The number of benzene rings is 1. The molecule has 0 unspecified atom stereocenters. The van der Waals surface area contributed by atoms with E-state index in [1.54, 1.807) is 12.1 Å². The number of halogens is 1. The van der Waals surface area contributed by atoms with Gasteiger partial charge in [0.25, 0.3) is 0 Å². The molecule has 0 aliphatic rings. The Hall–Kier alpha value is -1.75. The van der Waals surface area contributed by atoms with E-state index in [2.05, 4.69) is 22.3 Å². The van der Waals surface area contributed by atoms with Gasteiger partial charge in [0.15, 0.2) is 0 Å². The van der Waals surface area contributed by atoms with Crippen molar-refractivity contribution >= 4 is 29.3 Å².